The van der Waals surface area contributed by atoms with Crippen LogP contribution in [-0.2, 0) is 5.41 Å². The van der Waals surface area contributed by atoms with Crippen LogP contribution in [0.4, 0.5) is 10.9 Å². The Morgan fingerprint density at radius 2 is 1.79 bits per heavy atom. The molecule has 7 heteroatoms. The molecule has 0 saturated carbocycles. The Kier molecular flexibility index (Phi) is 4.89. The van der Waals surface area contributed by atoms with Gasteiger partial charge in [0.25, 0.3) is 0 Å². The van der Waals surface area contributed by atoms with Gasteiger partial charge in [0.05, 0.1) is 6.61 Å². The molecule has 0 bridgehead atoms. The van der Waals surface area contributed by atoms with E-state index in [1.165, 1.54) is 11.5 Å². The molecule has 3 heterocycles. The number of ether oxygens (including phenoxy) is 1. The van der Waals surface area contributed by atoms with Gasteiger partial charge in [-0.1, -0.05) is 26.8 Å². The van der Waals surface area contributed by atoms with Gasteiger partial charge in [-0.3, -0.25) is 0 Å². The molecule has 1 aliphatic rings. The van der Waals surface area contributed by atoms with Crippen LogP contribution in [0.1, 0.15) is 33.5 Å². The molecule has 130 valence electrons. The third kappa shape index (κ3) is 3.77. The standard InChI is InChI=1S/C17H25N5OS/c1-5-23-14-8-6-7-13(18-14)21-9-11-22(12-10-21)16-19-15(20-24-16)17(2,3)4/h6-8H,5,9-12H2,1-4H3. The molecular formula is C17H25N5OS. The summed E-state index contributed by atoms with van der Waals surface area (Å²) in [7, 11) is 0. The molecule has 0 N–H and O–H groups in total. The Balaban J connectivity index is 1.63. The highest BCUT2D eigenvalue weighted by Gasteiger charge is 2.24. The Hall–Kier alpha value is -1.89. The van der Waals surface area contributed by atoms with E-state index in [2.05, 4.69) is 39.9 Å². The quantitative estimate of drug-likeness (QED) is 0.847. The summed E-state index contributed by atoms with van der Waals surface area (Å²) in [6, 6.07) is 5.94. The number of aromatic nitrogens is 3. The van der Waals surface area contributed by atoms with Crippen molar-refractivity contribution in [1.82, 2.24) is 14.3 Å². The number of pyridine rings is 1. The van der Waals surface area contributed by atoms with Crippen LogP contribution in [0.2, 0.25) is 0 Å². The van der Waals surface area contributed by atoms with Gasteiger partial charge in [0.1, 0.15) is 11.6 Å². The summed E-state index contributed by atoms with van der Waals surface area (Å²) in [5, 5.41) is 1.02. The maximum absolute atomic E-state index is 5.50. The lowest BCUT2D eigenvalue weighted by Gasteiger charge is -2.35. The van der Waals surface area contributed by atoms with Crippen molar-refractivity contribution < 1.29 is 4.74 Å². The molecule has 2 aromatic rings. The van der Waals surface area contributed by atoms with Crippen LogP contribution in [0.5, 0.6) is 5.88 Å². The molecule has 1 saturated heterocycles. The van der Waals surface area contributed by atoms with Gasteiger partial charge in [-0.25, -0.2) is 4.98 Å². The van der Waals surface area contributed by atoms with Crippen molar-refractivity contribution in [2.75, 3.05) is 42.6 Å². The van der Waals surface area contributed by atoms with Crippen LogP contribution in [0.25, 0.3) is 0 Å². The van der Waals surface area contributed by atoms with Gasteiger partial charge >= 0.3 is 0 Å². The minimum atomic E-state index is 0.000208. The SMILES string of the molecule is CCOc1cccc(N2CCN(c3nc(C(C)(C)C)ns3)CC2)n1. The lowest BCUT2D eigenvalue weighted by molar-refractivity contribution is 0.327. The molecule has 0 amide bonds. The highest BCUT2D eigenvalue weighted by molar-refractivity contribution is 7.09. The lowest BCUT2D eigenvalue weighted by atomic mass is 9.96. The number of hydrogen-bond acceptors (Lipinski definition) is 7. The second-order valence-corrected chi connectivity index (χ2v) is 7.62. The summed E-state index contributed by atoms with van der Waals surface area (Å²) in [4.78, 5) is 13.9. The van der Waals surface area contributed by atoms with Crippen molar-refractivity contribution in [3.8, 4) is 5.88 Å². The first-order valence-corrected chi connectivity index (χ1v) is 9.18. The van der Waals surface area contributed by atoms with E-state index in [-0.39, 0.29) is 5.41 Å². The zero-order valence-electron chi connectivity index (χ0n) is 14.8. The van der Waals surface area contributed by atoms with Crippen LogP contribution in [-0.4, -0.2) is 47.1 Å². The Morgan fingerprint density at radius 1 is 1.08 bits per heavy atom. The van der Waals surface area contributed by atoms with Crippen molar-refractivity contribution in [3.63, 3.8) is 0 Å². The van der Waals surface area contributed by atoms with Gasteiger partial charge in [0.2, 0.25) is 11.0 Å². The van der Waals surface area contributed by atoms with Crippen molar-refractivity contribution >= 4 is 22.5 Å². The van der Waals surface area contributed by atoms with Gasteiger partial charge in [-0.05, 0) is 13.0 Å². The van der Waals surface area contributed by atoms with E-state index < -0.39 is 0 Å². The second kappa shape index (κ2) is 6.93. The van der Waals surface area contributed by atoms with Crippen LogP contribution in [0.15, 0.2) is 18.2 Å². The van der Waals surface area contributed by atoms with Crippen molar-refractivity contribution in [3.05, 3.63) is 24.0 Å². The summed E-state index contributed by atoms with van der Waals surface area (Å²) in [6.45, 7) is 12.8. The molecule has 0 aliphatic carbocycles. The number of nitrogens with zero attached hydrogens (tertiary/aromatic N) is 5. The summed E-state index contributed by atoms with van der Waals surface area (Å²) in [5.74, 6) is 2.60. The third-order valence-corrected chi connectivity index (χ3v) is 4.74. The number of rotatable bonds is 4. The highest BCUT2D eigenvalue weighted by atomic mass is 32.1. The van der Waals surface area contributed by atoms with Crippen molar-refractivity contribution in [2.24, 2.45) is 0 Å². The molecule has 0 aromatic carbocycles. The topological polar surface area (TPSA) is 54.4 Å². The first kappa shape index (κ1) is 17.0. The molecule has 0 radical (unpaired) electrons. The molecule has 3 rings (SSSR count). The van der Waals surface area contributed by atoms with E-state index in [0.29, 0.717) is 12.5 Å². The van der Waals surface area contributed by atoms with E-state index in [4.69, 9.17) is 9.72 Å². The fourth-order valence-corrected chi connectivity index (χ4v) is 3.49. The molecule has 6 nitrogen and oxygen atoms in total. The van der Waals surface area contributed by atoms with Crippen LogP contribution < -0.4 is 14.5 Å². The fourth-order valence-electron chi connectivity index (χ4n) is 2.58. The smallest absolute Gasteiger partial charge is 0.215 e. The average Bonchev–Trinajstić information content (AvgIpc) is 3.06. The van der Waals surface area contributed by atoms with E-state index in [9.17, 15) is 0 Å². The maximum atomic E-state index is 5.50. The second-order valence-electron chi connectivity index (χ2n) is 6.89. The largest absolute Gasteiger partial charge is 0.478 e. The van der Waals surface area contributed by atoms with E-state index in [1.807, 2.05) is 25.1 Å². The fraction of sp³-hybridized carbons (Fsp3) is 0.588. The molecule has 2 aromatic heterocycles. The van der Waals surface area contributed by atoms with Crippen LogP contribution >= 0.6 is 11.5 Å². The summed E-state index contributed by atoms with van der Waals surface area (Å²) < 4.78 is 10.0. The molecule has 0 unspecified atom stereocenters. The molecular weight excluding hydrogens is 322 g/mol. The predicted molar refractivity (Wildman–Crippen MR) is 98.4 cm³/mol. The van der Waals surface area contributed by atoms with Gasteiger partial charge in [0, 0.05) is 49.2 Å². The highest BCUT2D eigenvalue weighted by Crippen LogP contribution is 2.26. The van der Waals surface area contributed by atoms with Crippen LogP contribution in [0, 0.1) is 0 Å². The normalized spacial score (nSPS) is 15.7. The minimum absolute atomic E-state index is 0.000208. The monoisotopic (exact) mass is 347 g/mol. The third-order valence-electron chi connectivity index (χ3n) is 3.96. The zero-order valence-corrected chi connectivity index (χ0v) is 15.6. The van der Waals surface area contributed by atoms with Gasteiger partial charge < -0.3 is 14.5 Å². The Labute approximate surface area is 147 Å². The number of anilines is 2. The summed E-state index contributed by atoms with van der Waals surface area (Å²) >= 11 is 1.50. The van der Waals surface area contributed by atoms with Crippen LogP contribution in [0.3, 0.4) is 0 Å². The predicted octanol–water partition coefficient (Wildman–Crippen LogP) is 2.96. The van der Waals surface area contributed by atoms with Crippen molar-refractivity contribution in [1.29, 1.82) is 0 Å². The molecule has 1 fully saturated rings. The van der Waals surface area contributed by atoms with Crippen molar-refractivity contribution in [2.45, 2.75) is 33.1 Å². The Bertz CT molecular complexity index is 674. The average molecular weight is 347 g/mol. The summed E-state index contributed by atoms with van der Waals surface area (Å²) in [6.07, 6.45) is 0. The van der Waals surface area contributed by atoms with E-state index >= 15 is 0 Å². The van der Waals surface area contributed by atoms with E-state index in [0.717, 1.165) is 43.0 Å². The first-order valence-electron chi connectivity index (χ1n) is 8.41. The Morgan fingerprint density at radius 3 is 2.42 bits per heavy atom. The summed E-state index contributed by atoms with van der Waals surface area (Å²) in [5.41, 5.74) is 0.000208. The van der Waals surface area contributed by atoms with Gasteiger partial charge in [-0.15, -0.1) is 0 Å². The molecule has 1 aliphatic heterocycles. The van der Waals surface area contributed by atoms with E-state index in [1.54, 1.807) is 0 Å². The number of piperazine rings is 1. The zero-order chi connectivity index (χ0) is 17.2. The molecule has 24 heavy (non-hydrogen) atoms. The first-order chi connectivity index (χ1) is 11.5. The molecule has 0 spiro atoms. The molecule has 0 atom stereocenters. The number of hydrogen-bond donors (Lipinski definition) is 0. The van der Waals surface area contributed by atoms with Gasteiger partial charge in [-0.2, -0.15) is 9.36 Å². The maximum Gasteiger partial charge on any atom is 0.215 e. The lowest BCUT2D eigenvalue weighted by Crippen LogP contribution is -2.46. The minimum Gasteiger partial charge on any atom is -0.478 e. The van der Waals surface area contributed by atoms with Gasteiger partial charge in [0.15, 0.2) is 0 Å².